The van der Waals surface area contributed by atoms with E-state index >= 15 is 0 Å². The lowest BCUT2D eigenvalue weighted by Crippen LogP contribution is -2.45. The van der Waals surface area contributed by atoms with E-state index in [2.05, 4.69) is 10.3 Å². The van der Waals surface area contributed by atoms with Crippen LogP contribution in [-0.4, -0.2) is 36.8 Å². The molecule has 0 saturated heterocycles. The van der Waals surface area contributed by atoms with E-state index in [1.165, 1.54) is 12.1 Å². The molecule has 1 heterocycles. The van der Waals surface area contributed by atoms with Crippen LogP contribution in [0.1, 0.15) is 34.8 Å². The number of carboxylic acids is 1. The zero-order chi connectivity index (χ0) is 30.8. The van der Waals surface area contributed by atoms with Crippen LogP contribution >= 0.6 is 11.3 Å². The van der Waals surface area contributed by atoms with Crippen LogP contribution in [0.5, 0.6) is 0 Å². The number of rotatable bonds is 9. The average Bonchev–Trinajstić information content (AvgIpc) is 3.33. The number of aliphatic carboxylic acids is 1. The maximum absolute atomic E-state index is 12.9. The van der Waals surface area contributed by atoms with Gasteiger partial charge in [-0.15, -0.1) is 11.3 Å². The number of carboxylic acid groups (broad SMARTS) is 1. The highest BCUT2D eigenvalue weighted by Crippen LogP contribution is 2.33. The molecule has 1 aromatic heterocycles. The van der Waals surface area contributed by atoms with Gasteiger partial charge in [-0.25, -0.2) is 14.0 Å². The molecule has 0 radical (unpaired) electrons. The lowest BCUT2D eigenvalue weighted by Gasteiger charge is -2.29. The molecule has 0 bridgehead atoms. The maximum atomic E-state index is 12.9. The Morgan fingerprint density at radius 1 is 0.929 bits per heavy atom. The van der Waals surface area contributed by atoms with Gasteiger partial charge in [0.2, 0.25) is 0 Å². The highest BCUT2D eigenvalue weighted by atomic mass is 32.2. The van der Waals surface area contributed by atoms with Crippen LogP contribution in [0.4, 0.5) is 24.5 Å². The zero-order valence-corrected chi connectivity index (χ0v) is 24.2. The minimum atomic E-state index is -4.44. The molecule has 0 aliphatic carbocycles. The monoisotopic (exact) mass is 617 g/mol. The molecule has 42 heavy (non-hydrogen) atoms. The number of nitrogens with zero attached hydrogens (tertiary/aromatic N) is 2. The Kier molecular flexibility index (Phi) is 9.14. The van der Waals surface area contributed by atoms with Crippen molar-refractivity contribution >= 4 is 45.9 Å². The fraction of sp³-hybridized carbons (Fsp3) is 0.207. The van der Waals surface area contributed by atoms with Crippen LogP contribution in [0.2, 0.25) is 0 Å². The molecule has 13 heteroatoms. The quantitative estimate of drug-likeness (QED) is 0.172. The number of carbonyl (C=O) groups is 2. The molecule has 0 spiro atoms. The van der Waals surface area contributed by atoms with Crippen LogP contribution in [0.15, 0.2) is 72.8 Å². The fourth-order valence-corrected chi connectivity index (χ4v) is 6.07. The predicted octanol–water partition coefficient (Wildman–Crippen LogP) is 7.11. The molecule has 0 saturated carbocycles. The van der Waals surface area contributed by atoms with Gasteiger partial charge in [-0.1, -0.05) is 50.2 Å². The van der Waals surface area contributed by atoms with Crippen LogP contribution in [-0.2, 0) is 22.2 Å². The summed E-state index contributed by atoms with van der Waals surface area (Å²) in [4.78, 5) is 29.4. The van der Waals surface area contributed by atoms with Crippen LogP contribution in [0, 0.1) is 12.8 Å². The Morgan fingerprint density at radius 2 is 1.45 bits per heavy atom. The van der Waals surface area contributed by atoms with Crippen LogP contribution in [0.3, 0.4) is 0 Å². The molecule has 2 unspecified atom stereocenters. The first-order chi connectivity index (χ1) is 19.8. The molecule has 0 aliphatic heterocycles. The van der Waals surface area contributed by atoms with Gasteiger partial charge in [-0.2, -0.15) is 13.2 Å². The Balaban J connectivity index is 1.47. The highest BCUT2D eigenvalue weighted by Gasteiger charge is 2.33. The van der Waals surface area contributed by atoms with Crippen LogP contribution < -0.4 is 9.62 Å². The lowest BCUT2D eigenvalue weighted by molar-refractivity contribution is -0.139. The average molecular weight is 618 g/mol. The summed E-state index contributed by atoms with van der Waals surface area (Å²) < 4.78 is 61.3. The van der Waals surface area contributed by atoms with E-state index in [0.717, 1.165) is 38.9 Å². The lowest BCUT2D eigenvalue weighted by atomic mass is 10.0. The second-order valence-corrected chi connectivity index (χ2v) is 11.5. The standard InChI is InChI=1S/C29H26F3N3O5S2/c1-16(2)24(28(37)38)35(42(39)40)23-14-8-19(9-15-23)18-6-12-22(13-7-18)34-26(36)25-17(3)33-27(41-25)20-4-10-21(11-5-20)29(30,31)32/h4-16,24H,1-3H3,(H,34,36)(H,37,38)(H,39,40). The molecule has 8 nitrogen and oxygen atoms in total. The Labute approximate surface area is 246 Å². The van der Waals surface area contributed by atoms with E-state index in [1.807, 2.05) is 0 Å². The summed E-state index contributed by atoms with van der Waals surface area (Å²) in [5.41, 5.74) is 2.49. The third-order valence-electron chi connectivity index (χ3n) is 6.37. The zero-order valence-electron chi connectivity index (χ0n) is 22.5. The maximum Gasteiger partial charge on any atom is 0.416 e. The first-order valence-electron chi connectivity index (χ1n) is 12.6. The number of thiazole rings is 1. The van der Waals surface area contributed by atoms with Gasteiger partial charge in [0.1, 0.15) is 15.9 Å². The number of hydrogen-bond acceptors (Lipinski definition) is 5. The molecule has 2 atom stereocenters. The SMILES string of the molecule is Cc1nc(-c2ccc(C(F)(F)F)cc2)sc1C(=O)Nc1ccc(-c2ccc(N(C(C(=O)O)C(C)C)S(=O)O)cc2)cc1. The van der Waals surface area contributed by atoms with Crippen molar-refractivity contribution in [3.8, 4) is 21.7 Å². The molecule has 0 fully saturated rings. The normalized spacial score (nSPS) is 13.0. The molecule has 3 aromatic carbocycles. The number of benzene rings is 3. The number of aromatic nitrogens is 1. The van der Waals surface area contributed by atoms with Crippen molar-refractivity contribution in [1.29, 1.82) is 0 Å². The number of hydrogen-bond donors (Lipinski definition) is 3. The molecule has 0 aliphatic rings. The Morgan fingerprint density at radius 3 is 1.93 bits per heavy atom. The van der Waals surface area contributed by atoms with Gasteiger partial charge in [0.15, 0.2) is 0 Å². The van der Waals surface area contributed by atoms with Crippen molar-refractivity contribution in [3.05, 3.63) is 88.9 Å². The van der Waals surface area contributed by atoms with Crippen molar-refractivity contribution in [2.45, 2.75) is 33.0 Å². The number of nitrogens with one attached hydrogen (secondary N) is 1. The first kappa shape index (κ1) is 30.9. The second kappa shape index (κ2) is 12.4. The molecular weight excluding hydrogens is 591 g/mol. The topological polar surface area (TPSA) is 120 Å². The van der Waals surface area contributed by atoms with Crippen LogP contribution in [0.25, 0.3) is 21.7 Å². The van der Waals surface area contributed by atoms with E-state index in [-0.39, 0.29) is 5.69 Å². The first-order valence-corrected chi connectivity index (χ1v) is 14.4. The highest BCUT2D eigenvalue weighted by molar-refractivity contribution is 7.80. The molecule has 4 aromatic rings. The summed E-state index contributed by atoms with van der Waals surface area (Å²) in [6.07, 6.45) is -4.44. The number of halogens is 3. The van der Waals surface area contributed by atoms with Gasteiger partial charge in [0, 0.05) is 11.3 Å². The number of amides is 1. The summed E-state index contributed by atoms with van der Waals surface area (Å²) in [7, 11) is 0. The fourth-order valence-electron chi connectivity index (χ4n) is 4.27. The summed E-state index contributed by atoms with van der Waals surface area (Å²) in [5, 5.41) is 12.8. The largest absolute Gasteiger partial charge is 0.480 e. The van der Waals surface area contributed by atoms with Gasteiger partial charge in [0.25, 0.3) is 17.2 Å². The second-order valence-electron chi connectivity index (χ2n) is 9.67. The van der Waals surface area contributed by atoms with Gasteiger partial charge >= 0.3 is 12.1 Å². The molecule has 220 valence electrons. The summed E-state index contributed by atoms with van der Waals surface area (Å²) >= 11 is -1.47. The van der Waals surface area contributed by atoms with Gasteiger partial charge in [-0.05, 0) is 60.4 Å². The van der Waals surface area contributed by atoms with Gasteiger partial charge in [-0.3, -0.25) is 13.7 Å². The molecule has 1 amide bonds. The van der Waals surface area contributed by atoms with E-state index in [0.29, 0.717) is 26.8 Å². The smallest absolute Gasteiger partial charge is 0.416 e. The van der Waals surface area contributed by atoms with Gasteiger partial charge < -0.3 is 10.4 Å². The summed E-state index contributed by atoms with van der Waals surface area (Å²) in [6.45, 7) is 4.96. The minimum Gasteiger partial charge on any atom is -0.480 e. The van der Waals surface area contributed by atoms with E-state index in [9.17, 15) is 36.6 Å². The van der Waals surface area contributed by atoms with E-state index in [1.54, 1.807) is 69.3 Å². The van der Waals surface area contributed by atoms with Crippen molar-refractivity contribution in [2.75, 3.05) is 9.62 Å². The predicted molar refractivity (Wildman–Crippen MR) is 157 cm³/mol. The molecular formula is C29H26F3N3O5S2. The molecule has 4 rings (SSSR count). The number of alkyl halides is 3. The van der Waals surface area contributed by atoms with Crippen molar-refractivity contribution < 1.29 is 36.6 Å². The Bertz CT molecular complexity index is 1600. The summed E-state index contributed by atoms with van der Waals surface area (Å²) in [6, 6.07) is 16.9. The van der Waals surface area contributed by atoms with Crippen molar-refractivity contribution in [1.82, 2.24) is 4.98 Å². The van der Waals surface area contributed by atoms with Gasteiger partial charge in [0.05, 0.1) is 16.9 Å². The third kappa shape index (κ3) is 6.86. The minimum absolute atomic E-state index is 0.278. The number of aryl methyl sites for hydroxylation is 1. The number of anilines is 2. The number of carbonyl (C=O) groups excluding carboxylic acids is 1. The molecule has 3 N–H and O–H groups in total. The van der Waals surface area contributed by atoms with Crippen molar-refractivity contribution in [2.24, 2.45) is 5.92 Å². The van der Waals surface area contributed by atoms with E-state index < -0.39 is 46.8 Å². The third-order valence-corrected chi connectivity index (χ3v) is 8.35. The Hall–Kier alpha value is -4.07. The van der Waals surface area contributed by atoms with E-state index in [4.69, 9.17) is 0 Å². The van der Waals surface area contributed by atoms with Crippen molar-refractivity contribution in [3.63, 3.8) is 0 Å². The summed E-state index contributed by atoms with van der Waals surface area (Å²) in [5.74, 6) is -2.04.